The lowest BCUT2D eigenvalue weighted by Crippen LogP contribution is -2.47. The van der Waals surface area contributed by atoms with Crippen LogP contribution in [0.2, 0.25) is 0 Å². The molecule has 1 aliphatic heterocycles. The third-order valence-electron chi connectivity index (χ3n) is 5.38. The van der Waals surface area contributed by atoms with Gasteiger partial charge in [0.15, 0.2) is 0 Å². The molecule has 3 aromatic rings. The van der Waals surface area contributed by atoms with E-state index >= 15 is 0 Å². The standard InChI is InChI=1S/C26H27N3O3/c1-19-4-2-5-21(14-19)18-32-24-7-3-6-22(15-24)26(31)28-16-20-8-10-23(11-9-20)29-13-12-27-25(30)17-29/h2-11,14-15H,12-13,16-18H2,1H3,(H,27,30)(H,28,31). The van der Waals surface area contributed by atoms with Crippen molar-refractivity contribution in [3.63, 3.8) is 0 Å². The number of amides is 2. The predicted octanol–water partition coefficient (Wildman–Crippen LogP) is 3.44. The van der Waals surface area contributed by atoms with Gasteiger partial charge >= 0.3 is 0 Å². The first kappa shape index (κ1) is 21.4. The molecule has 4 rings (SSSR count). The quantitative estimate of drug-likeness (QED) is 0.604. The molecule has 2 N–H and O–H groups in total. The summed E-state index contributed by atoms with van der Waals surface area (Å²) in [6, 6.07) is 23.3. The minimum Gasteiger partial charge on any atom is -0.489 e. The molecule has 0 aromatic heterocycles. The Morgan fingerprint density at radius 1 is 1.03 bits per heavy atom. The van der Waals surface area contributed by atoms with E-state index in [9.17, 15) is 9.59 Å². The van der Waals surface area contributed by atoms with E-state index in [1.165, 1.54) is 5.56 Å². The van der Waals surface area contributed by atoms with Gasteiger partial charge in [-0.3, -0.25) is 9.59 Å². The SMILES string of the molecule is Cc1cccc(COc2cccc(C(=O)NCc3ccc(N4CCNC(=O)C4)cc3)c2)c1. The number of piperazine rings is 1. The number of aryl methyl sites for hydroxylation is 1. The average Bonchev–Trinajstić information content (AvgIpc) is 2.82. The molecule has 6 nitrogen and oxygen atoms in total. The van der Waals surface area contributed by atoms with Crippen LogP contribution in [0.25, 0.3) is 0 Å². The molecular weight excluding hydrogens is 402 g/mol. The molecule has 2 amide bonds. The highest BCUT2D eigenvalue weighted by molar-refractivity contribution is 5.94. The summed E-state index contributed by atoms with van der Waals surface area (Å²) >= 11 is 0. The molecule has 1 fully saturated rings. The topological polar surface area (TPSA) is 70.7 Å². The molecule has 1 heterocycles. The summed E-state index contributed by atoms with van der Waals surface area (Å²) in [6.07, 6.45) is 0. The highest BCUT2D eigenvalue weighted by Crippen LogP contribution is 2.18. The number of nitrogens with zero attached hydrogens (tertiary/aromatic N) is 1. The van der Waals surface area contributed by atoms with Crippen molar-refractivity contribution >= 4 is 17.5 Å². The molecule has 0 atom stereocenters. The summed E-state index contributed by atoms with van der Waals surface area (Å²) in [5, 5.41) is 5.78. The second-order valence-electron chi connectivity index (χ2n) is 7.93. The highest BCUT2D eigenvalue weighted by atomic mass is 16.5. The first-order valence-electron chi connectivity index (χ1n) is 10.7. The van der Waals surface area contributed by atoms with E-state index in [4.69, 9.17) is 4.74 Å². The number of nitrogens with one attached hydrogen (secondary N) is 2. The molecule has 0 saturated carbocycles. The van der Waals surface area contributed by atoms with Gasteiger partial charge in [-0.15, -0.1) is 0 Å². The van der Waals surface area contributed by atoms with Crippen molar-refractivity contribution in [3.05, 3.63) is 95.1 Å². The lowest BCUT2D eigenvalue weighted by Gasteiger charge is -2.28. The maximum atomic E-state index is 12.6. The smallest absolute Gasteiger partial charge is 0.251 e. The van der Waals surface area contributed by atoms with Crippen LogP contribution in [0.4, 0.5) is 5.69 Å². The van der Waals surface area contributed by atoms with Crippen molar-refractivity contribution in [3.8, 4) is 5.75 Å². The minimum atomic E-state index is -0.150. The van der Waals surface area contributed by atoms with Crippen molar-refractivity contribution in [2.45, 2.75) is 20.1 Å². The molecule has 0 spiro atoms. The van der Waals surface area contributed by atoms with Gasteiger partial charge in [0.2, 0.25) is 5.91 Å². The molecule has 3 aromatic carbocycles. The Morgan fingerprint density at radius 3 is 2.62 bits per heavy atom. The Hall–Kier alpha value is -3.80. The van der Waals surface area contributed by atoms with Gasteiger partial charge in [-0.05, 0) is 48.4 Å². The number of hydrogen-bond donors (Lipinski definition) is 2. The summed E-state index contributed by atoms with van der Waals surface area (Å²) < 4.78 is 5.87. The van der Waals surface area contributed by atoms with E-state index in [1.807, 2.05) is 66.4 Å². The van der Waals surface area contributed by atoms with Gasteiger partial charge in [-0.1, -0.05) is 48.0 Å². The van der Waals surface area contributed by atoms with Gasteiger partial charge in [0, 0.05) is 30.9 Å². The molecular formula is C26H27N3O3. The zero-order valence-electron chi connectivity index (χ0n) is 18.1. The fourth-order valence-corrected chi connectivity index (χ4v) is 3.66. The van der Waals surface area contributed by atoms with Crippen LogP contribution >= 0.6 is 0 Å². The van der Waals surface area contributed by atoms with Crippen molar-refractivity contribution in [1.82, 2.24) is 10.6 Å². The number of benzene rings is 3. The monoisotopic (exact) mass is 429 g/mol. The molecule has 0 unspecified atom stereocenters. The van der Waals surface area contributed by atoms with Gasteiger partial charge in [0.1, 0.15) is 12.4 Å². The van der Waals surface area contributed by atoms with E-state index in [-0.39, 0.29) is 11.8 Å². The molecule has 0 radical (unpaired) electrons. The predicted molar refractivity (Wildman–Crippen MR) is 125 cm³/mol. The van der Waals surface area contributed by atoms with Crippen molar-refractivity contribution in [2.75, 3.05) is 24.5 Å². The Labute approximate surface area is 188 Å². The molecule has 0 aliphatic carbocycles. The van der Waals surface area contributed by atoms with Gasteiger partial charge in [-0.25, -0.2) is 0 Å². The van der Waals surface area contributed by atoms with Gasteiger partial charge < -0.3 is 20.3 Å². The van der Waals surface area contributed by atoms with E-state index in [0.717, 1.165) is 23.4 Å². The van der Waals surface area contributed by atoms with Crippen LogP contribution in [0.5, 0.6) is 5.75 Å². The third kappa shape index (κ3) is 5.66. The molecule has 1 saturated heterocycles. The molecule has 0 bridgehead atoms. The van der Waals surface area contributed by atoms with Crippen LogP contribution < -0.4 is 20.3 Å². The fraction of sp³-hybridized carbons (Fsp3) is 0.231. The van der Waals surface area contributed by atoms with E-state index < -0.39 is 0 Å². The Balaban J connectivity index is 1.31. The van der Waals surface area contributed by atoms with Crippen LogP contribution in [-0.2, 0) is 17.9 Å². The maximum absolute atomic E-state index is 12.6. The molecule has 6 heteroatoms. The number of anilines is 1. The van der Waals surface area contributed by atoms with Crippen molar-refractivity contribution < 1.29 is 14.3 Å². The lowest BCUT2D eigenvalue weighted by molar-refractivity contribution is -0.120. The van der Waals surface area contributed by atoms with Crippen LogP contribution in [-0.4, -0.2) is 31.4 Å². The zero-order valence-corrected chi connectivity index (χ0v) is 18.1. The third-order valence-corrected chi connectivity index (χ3v) is 5.38. The van der Waals surface area contributed by atoms with Crippen molar-refractivity contribution in [1.29, 1.82) is 0 Å². The second-order valence-corrected chi connectivity index (χ2v) is 7.93. The summed E-state index contributed by atoms with van der Waals surface area (Å²) in [5.74, 6) is 0.551. The fourth-order valence-electron chi connectivity index (χ4n) is 3.66. The van der Waals surface area contributed by atoms with Crippen LogP contribution in [0.1, 0.15) is 27.0 Å². The van der Waals surface area contributed by atoms with Crippen molar-refractivity contribution in [2.24, 2.45) is 0 Å². The van der Waals surface area contributed by atoms with Crippen LogP contribution in [0, 0.1) is 6.92 Å². The zero-order chi connectivity index (χ0) is 22.3. The highest BCUT2D eigenvalue weighted by Gasteiger charge is 2.16. The summed E-state index contributed by atoms with van der Waals surface area (Å²) in [4.78, 5) is 26.2. The number of ether oxygens (including phenoxy) is 1. The van der Waals surface area contributed by atoms with Gasteiger partial charge in [0.25, 0.3) is 5.91 Å². The number of hydrogen-bond acceptors (Lipinski definition) is 4. The van der Waals surface area contributed by atoms with Gasteiger partial charge in [0.05, 0.1) is 6.54 Å². The maximum Gasteiger partial charge on any atom is 0.251 e. The lowest BCUT2D eigenvalue weighted by atomic mass is 10.1. The first-order valence-corrected chi connectivity index (χ1v) is 10.7. The first-order chi connectivity index (χ1) is 15.6. The molecule has 32 heavy (non-hydrogen) atoms. The second kappa shape index (κ2) is 10.0. The average molecular weight is 430 g/mol. The number of carbonyl (C=O) groups excluding carboxylic acids is 2. The van der Waals surface area contributed by atoms with E-state index in [1.54, 1.807) is 12.1 Å². The van der Waals surface area contributed by atoms with E-state index in [0.29, 0.717) is 37.6 Å². The Morgan fingerprint density at radius 2 is 1.84 bits per heavy atom. The normalized spacial score (nSPS) is 13.4. The number of carbonyl (C=O) groups is 2. The Kier molecular flexibility index (Phi) is 6.70. The Bertz CT molecular complexity index is 1100. The summed E-state index contributed by atoms with van der Waals surface area (Å²) in [5.41, 5.74) is 4.84. The molecule has 1 aliphatic rings. The van der Waals surface area contributed by atoms with Crippen LogP contribution in [0.3, 0.4) is 0 Å². The van der Waals surface area contributed by atoms with E-state index in [2.05, 4.69) is 16.7 Å². The van der Waals surface area contributed by atoms with Gasteiger partial charge in [-0.2, -0.15) is 0 Å². The summed E-state index contributed by atoms with van der Waals surface area (Å²) in [7, 11) is 0. The summed E-state index contributed by atoms with van der Waals surface area (Å²) in [6.45, 7) is 4.76. The minimum absolute atomic E-state index is 0.0395. The van der Waals surface area contributed by atoms with Crippen LogP contribution in [0.15, 0.2) is 72.8 Å². The number of rotatable bonds is 7. The molecule has 164 valence electrons. The largest absolute Gasteiger partial charge is 0.489 e.